The van der Waals surface area contributed by atoms with Gasteiger partial charge < -0.3 is 11.1 Å². The summed E-state index contributed by atoms with van der Waals surface area (Å²) in [6.45, 7) is 0. The van der Waals surface area contributed by atoms with Gasteiger partial charge in [0.25, 0.3) is 0 Å². The van der Waals surface area contributed by atoms with E-state index in [1.807, 2.05) is 24.3 Å². The number of hydrogen-bond acceptors (Lipinski definition) is 6. The van der Waals surface area contributed by atoms with E-state index < -0.39 is 9.84 Å². The summed E-state index contributed by atoms with van der Waals surface area (Å²) in [4.78, 5) is 8.93. The highest BCUT2D eigenvalue weighted by Gasteiger charge is 2.17. The van der Waals surface area contributed by atoms with E-state index in [9.17, 15) is 8.42 Å². The molecule has 0 bridgehead atoms. The second-order valence-corrected chi connectivity index (χ2v) is 7.91. The number of nitrogens with zero attached hydrogens (tertiary/aromatic N) is 2. The molecule has 0 fully saturated rings. The lowest BCUT2D eigenvalue weighted by Crippen LogP contribution is -2.02. The molecule has 27 heavy (non-hydrogen) atoms. The van der Waals surface area contributed by atoms with Gasteiger partial charge in [0.05, 0.1) is 15.3 Å². The minimum atomic E-state index is -3.59. The maximum absolute atomic E-state index is 12.7. The van der Waals surface area contributed by atoms with Crippen molar-refractivity contribution in [3.05, 3.63) is 79.1 Å². The second-order valence-electron chi connectivity index (χ2n) is 5.96. The zero-order valence-corrected chi connectivity index (χ0v) is 15.0. The number of rotatable bonds is 4. The highest BCUT2D eigenvalue weighted by molar-refractivity contribution is 7.91. The topological polar surface area (TPSA) is 98.0 Å². The van der Waals surface area contributed by atoms with Gasteiger partial charge >= 0.3 is 0 Å². The van der Waals surface area contributed by atoms with Crippen LogP contribution in [-0.4, -0.2) is 18.4 Å². The predicted octanol–water partition coefficient (Wildman–Crippen LogP) is 3.79. The van der Waals surface area contributed by atoms with Crippen molar-refractivity contribution in [2.24, 2.45) is 0 Å². The Morgan fingerprint density at radius 1 is 0.778 bits per heavy atom. The molecule has 0 radical (unpaired) electrons. The summed E-state index contributed by atoms with van der Waals surface area (Å²) in [6.07, 6.45) is 1.49. The third kappa shape index (κ3) is 3.32. The van der Waals surface area contributed by atoms with E-state index in [-0.39, 0.29) is 9.79 Å². The van der Waals surface area contributed by atoms with Crippen molar-refractivity contribution in [2.45, 2.75) is 9.79 Å². The molecule has 0 spiro atoms. The molecule has 1 aromatic heterocycles. The Bertz CT molecular complexity index is 1200. The molecule has 6 nitrogen and oxygen atoms in total. The molecular formula is C20H16N4O2S. The number of nitrogen functional groups attached to an aromatic ring is 1. The van der Waals surface area contributed by atoms with E-state index in [2.05, 4.69) is 15.3 Å². The Hall–Kier alpha value is -3.45. The van der Waals surface area contributed by atoms with Gasteiger partial charge in [-0.05, 0) is 60.7 Å². The standard InChI is InChI=1S/C20H16N4O2S/c21-14-5-9-16(10-6-14)27(25,26)17-11-7-15(8-12-17)24-20-18-3-1-2-4-19(18)22-13-23-20/h1-13H,21H2,(H,22,23,24). The van der Waals surface area contributed by atoms with Gasteiger partial charge in [0.2, 0.25) is 9.84 Å². The number of benzene rings is 3. The van der Waals surface area contributed by atoms with Crippen molar-refractivity contribution in [1.29, 1.82) is 0 Å². The summed E-state index contributed by atoms with van der Waals surface area (Å²) in [6, 6.07) is 20.4. The van der Waals surface area contributed by atoms with Crippen molar-refractivity contribution in [1.82, 2.24) is 9.97 Å². The van der Waals surface area contributed by atoms with Gasteiger partial charge in [-0.3, -0.25) is 0 Å². The highest BCUT2D eigenvalue weighted by Crippen LogP contribution is 2.26. The van der Waals surface area contributed by atoms with E-state index in [1.165, 1.54) is 18.5 Å². The number of sulfone groups is 1. The number of fused-ring (bicyclic) bond motifs is 1. The van der Waals surface area contributed by atoms with Gasteiger partial charge in [0.15, 0.2) is 0 Å². The van der Waals surface area contributed by atoms with Gasteiger partial charge in [-0.2, -0.15) is 0 Å². The molecule has 0 amide bonds. The summed E-state index contributed by atoms with van der Waals surface area (Å²) in [5, 5.41) is 4.10. The van der Waals surface area contributed by atoms with Crippen molar-refractivity contribution in [2.75, 3.05) is 11.1 Å². The van der Waals surface area contributed by atoms with E-state index >= 15 is 0 Å². The molecule has 0 aliphatic carbocycles. The molecule has 3 N–H and O–H groups in total. The maximum atomic E-state index is 12.7. The normalized spacial score (nSPS) is 11.4. The first-order chi connectivity index (χ1) is 13.0. The van der Waals surface area contributed by atoms with Crippen molar-refractivity contribution < 1.29 is 8.42 Å². The Balaban J connectivity index is 1.63. The number of para-hydroxylation sites is 1. The van der Waals surface area contributed by atoms with E-state index in [4.69, 9.17) is 5.73 Å². The summed E-state index contributed by atoms with van der Waals surface area (Å²) in [5.41, 5.74) is 7.71. The van der Waals surface area contributed by atoms with E-state index in [0.717, 1.165) is 16.6 Å². The number of nitrogens with two attached hydrogens (primary N) is 1. The van der Waals surface area contributed by atoms with Crippen LogP contribution >= 0.6 is 0 Å². The van der Waals surface area contributed by atoms with Crippen LogP contribution in [0.15, 0.2) is 88.9 Å². The zero-order chi connectivity index (χ0) is 18.9. The quantitative estimate of drug-likeness (QED) is 0.526. The Labute approximate surface area is 156 Å². The molecule has 4 aromatic rings. The average molecular weight is 376 g/mol. The zero-order valence-electron chi connectivity index (χ0n) is 14.2. The van der Waals surface area contributed by atoms with Crippen LogP contribution in [0.25, 0.3) is 10.9 Å². The lowest BCUT2D eigenvalue weighted by Gasteiger charge is -2.09. The molecule has 1 heterocycles. The molecule has 134 valence electrons. The number of aromatic nitrogens is 2. The smallest absolute Gasteiger partial charge is 0.206 e. The van der Waals surface area contributed by atoms with Gasteiger partial charge in [0.1, 0.15) is 12.1 Å². The lowest BCUT2D eigenvalue weighted by atomic mass is 10.2. The SMILES string of the molecule is Nc1ccc(S(=O)(=O)c2ccc(Nc3ncnc4ccccc34)cc2)cc1. The van der Waals surface area contributed by atoms with Gasteiger partial charge in [-0.1, -0.05) is 12.1 Å². The molecular weight excluding hydrogens is 360 g/mol. The van der Waals surface area contributed by atoms with Crippen LogP contribution in [0.5, 0.6) is 0 Å². The Morgan fingerprint density at radius 3 is 2.11 bits per heavy atom. The lowest BCUT2D eigenvalue weighted by molar-refractivity contribution is 0.596. The maximum Gasteiger partial charge on any atom is 0.206 e. The van der Waals surface area contributed by atoms with E-state index in [0.29, 0.717) is 11.5 Å². The first kappa shape index (κ1) is 17.0. The van der Waals surface area contributed by atoms with Gasteiger partial charge in [-0.15, -0.1) is 0 Å². The summed E-state index contributed by atoms with van der Waals surface area (Å²) in [5.74, 6) is 0.662. The van der Waals surface area contributed by atoms with Crippen LogP contribution < -0.4 is 11.1 Å². The Kier molecular flexibility index (Phi) is 4.21. The molecule has 0 atom stereocenters. The van der Waals surface area contributed by atoms with Gasteiger partial charge in [-0.25, -0.2) is 18.4 Å². The molecule has 4 rings (SSSR count). The molecule has 0 saturated heterocycles. The second kappa shape index (κ2) is 6.69. The molecule has 0 aliphatic rings. The fourth-order valence-electron chi connectivity index (χ4n) is 2.74. The van der Waals surface area contributed by atoms with Crippen molar-refractivity contribution in [3.63, 3.8) is 0 Å². The molecule has 0 aliphatic heterocycles. The summed E-state index contributed by atoms with van der Waals surface area (Å²) >= 11 is 0. The number of nitrogens with one attached hydrogen (secondary N) is 1. The van der Waals surface area contributed by atoms with Crippen LogP contribution in [0.4, 0.5) is 17.2 Å². The summed E-state index contributed by atoms with van der Waals surface area (Å²) in [7, 11) is -3.59. The number of anilines is 3. The minimum absolute atomic E-state index is 0.208. The van der Waals surface area contributed by atoms with Crippen LogP contribution in [0.3, 0.4) is 0 Å². The largest absolute Gasteiger partial charge is 0.399 e. The average Bonchev–Trinajstić information content (AvgIpc) is 2.69. The van der Waals surface area contributed by atoms with Crippen molar-refractivity contribution in [3.8, 4) is 0 Å². The first-order valence-electron chi connectivity index (χ1n) is 8.21. The monoisotopic (exact) mass is 376 g/mol. The molecule has 0 saturated carbocycles. The van der Waals surface area contributed by atoms with Crippen LogP contribution in [0.1, 0.15) is 0 Å². The summed E-state index contributed by atoms with van der Waals surface area (Å²) < 4.78 is 25.4. The molecule has 7 heteroatoms. The number of hydrogen-bond donors (Lipinski definition) is 2. The van der Waals surface area contributed by atoms with Crippen LogP contribution in [-0.2, 0) is 9.84 Å². The molecule has 0 unspecified atom stereocenters. The van der Waals surface area contributed by atoms with Crippen molar-refractivity contribution >= 4 is 37.9 Å². The first-order valence-corrected chi connectivity index (χ1v) is 9.70. The van der Waals surface area contributed by atoms with Crippen LogP contribution in [0, 0.1) is 0 Å². The third-order valence-corrected chi connectivity index (χ3v) is 5.95. The van der Waals surface area contributed by atoms with E-state index in [1.54, 1.807) is 36.4 Å². The van der Waals surface area contributed by atoms with Gasteiger partial charge in [0, 0.05) is 16.8 Å². The Morgan fingerprint density at radius 2 is 1.41 bits per heavy atom. The molecule has 3 aromatic carbocycles. The predicted molar refractivity (Wildman–Crippen MR) is 106 cm³/mol. The highest BCUT2D eigenvalue weighted by atomic mass is 32.2. The fraction of sp³-hybridized carbons (Fsp3) is 0. The third-order valence-electron chi connectivity index (χ3n) is 4.16. The fourth-order valence-corrected chi connectivity index (χ4v) is 4.00. The van der Waals surface area contributed by atoms with Crippen LogP contribution in [0.2, 0.25) is 0 Å². The minimum Gasteiger partial charge on any atom is -0.399 e.